The lowest BCUT2D eigenvalue weighted by Gasteiger charge is -2.12. The molecule has 1 aliphatic rings. The Morgan fingerprint density at radius 3 is 2.30 bits per heavy atom. The van der Waals surface area contributed by atoms with Crippen LogP contribution in [-0.2, 0) is 6.42 Å². The lowest BCUT2D eigenvalue weighted by atomic mass is 9.97. The van der Waals surface area contributed by atoms with Gasteiger partial charge in [0.15, 0.2) is 17.3 Å². The van der Waals surface area contributed by atoms with Crippen molar-refractivity contribution in [3.8, 4) is 11.5 Å². The molecule has 0 fully saturated rings. The third kappa shape index (κ3) is 3.89. The van der Waals surface area contributed by atoms with Crippen LogP contribution in [0, 0.1) is 0 Å². The number of nitrogens with zero attached hydrogens (tertiary/aromatic N) is 2. The maximum Gasteiger partial charge on any atom is 0.161 e. The number of fused-ring (bicyclic) bond motifs is 1. The zero-order valence-electron chi connectivity index (χ0n) is 17.1. The highest BCUT2D eigenvalue weighted by molar-refractivity contribution is 6.30. The van der Waals surface area contributed by atoms with Gasteiger partial charge in [0.25, 0.3) is 0 Å². The summed E-state index contributed by atoms with van der Waals surface area (Å²) in [5.74, 6) is 1.98. The summed E-state index contributed by atoms with van der Waals surface area (Å²) in [6.45, 7) is 2.13. The van der Waals surface area contributed by atoms with E-state index in [2.05, 4.69) is 24.5 Å². The zero-order valence-corrected chi connectivity index (χ0v) is 17.8. The van der Waals surface area contributed by atoms with Crippen LogP contribution in [0.4, 0.5) is 5.69 Å². The Labute approximate surface area is 181 Å². The van der Waals surface area contributed by atoms with E-state index >= 15 is 0 Å². The van der Waals surface area contributed by atoms with Gasteiger partial charge in [-0.3, -0.25) is 5.43 Å². The van der Waals surface area contributed by atoms with Crippen molar-refractivity contribution in [2.75, 3.05) is 14.2 Å². The molecular weight excluding hydrogens is 398 g/mol. The van der Waals surface area contributed by atoms with Gasteiger partial charge in [-0.15, -0.1) is 0 Å². The number of halogens is 1. The summed E-state index contributed by atoms with van der Waals surface area (Å²) >= 11 is 6.04. The minimum atomic E-state index is 0.647. The van der Waals surface area contributed by atoms with Crippen LogP contribution in [-0.4, -0.2) is 25.8 Å². The van der Waals surface area contributed by atoms with E-state index in [1.165, 1.54) is 5.56 Å². The second-order valence-electron chi connectivity index (χ2n) is 6.81. The molecule has 0 saturated carbocycles. The van der Waals surface area contributed by atoms with E-state index in [1.54, 1.807) is 14.2 Å². The van der Waals surface area contributed by atoms with Crippen molar-refractivity contribution in [3.63, 3.8) is 0 Å². The van der Waals surface area contributed by atoms with Crippen molar-refractivity contribution < 1.29 is 9.47 Å². The van der Waals surface area contributed by atoms with Crippen LogP contribution in [0.5, 0.6) is 11.5 Å². The summed E-state index contributed by atoms with van der Waals surface area (Å²) in [5, 5.41) is 5.40. The summed E-state index contributed by atoms with van der Waals surface area (Å²) in [7, 11) is 3.25. The van der Waals surface area contributed by atoms with Crippen LogP contribution in [0.1, 0.15) is 29.2 Å². The van der Waals surface area contributed by atoms with E-state index < -0.39 is 0 Å². The van der Waals surface area contributed by atoms with Gasteiger partial charge in [-0.25, -0.2) is 4.99 Å². The van der Waals surface area contributed by atoms with Gasteiger partial charge in [0.05, 0.1) is 19.9 Å². The molecule has 4 rings (SSSR count). The van der Waals surface area contributed by atoms with E-state index in [1.807, 2.05) is 48.5 Å². The monoisotopic (exact) mass is 419 g/mol. The maximum atomic E-state index is 6.04. The molecular formula is C24H22ClN3O2. The Bertz CT molecular complexity index is 1140. The Hall–Kier alpha value is -3.31. The number of ether oxygens (including phenoxy) is 2. The SMILES string of the molecule is CCc1ccc2c(c1)C(c1ccc(OC)c(OC)c1)=NNC(c1ccc(Cl)cc1)=N2. The molecule has 0 bridgehead atoms. The second-order valence-corrected chi connectivity index (χ2v) is 7.25. The van der Waals surface area contributed by atoms with Crippen LogP contribution in [0.3, 0.4) is 0 Å². The molecule has 0 radical (unpaired) electrons. The molecule has 1 heterocycles. The molecule has 0 aliphatic carbocycles. The molecule has 30 heavy (non-hydrogen) atoms. The number of rotatable bonds is 5. The molecule has 0 spiro atoms. The number of hydrogen-bond donors (Lipinski definition) is 1. The van der Waals surface area contributed by atoms with E-state index in [4.69, 9.17) is 31.2 Å². The fourth-order valence-electron chi connectivity index (χ4n) is 3.35. The number of aliphatic imine (C=N–C) groups is 1. The quantitative estimate of drug-likeness (QED) is 0.606. The molecule has 152 valence electrons. The highest BCUT2D eigenvalue weighted by Gasteiger charge is 2.19. The minimum Gasteiger partial charge on any atom is -0.493 e. The second kappa shape index (κ2) is 8.59. The summed E-state index contributed by atoms with van der Waals surface area (Å²) in [4.78, 5) is 4.86. The Morgan fingerprint density at radius 2 is 1.60 bits per heavy atom. The highest BCUT2D eigenvalue weighted by Crippen LogP contribution is 2.32. The molecule has 0 aromatic heterocycles. The third-order valence-electron chi connectivity index (χ3n) is 5.00. The number of aryl methyl sites for hydroxylation is 1. The molecule has 1 aliphatic heterocycles. The average molecular weight is 420 g/mol. The number of amidine groups is 1. The van der Waals surface area contributed by atoms with E-state index in [0.717, 1.165) is 34.5 Å². The molecule has 0 unspecified atom stereocenters. The highest BCUT2D eigenvalue weighted by atomic mass is 35.5. The van der Waals surface area contributed by atoms with Crippen molar-refractivity contribution in [1.82, 2.24) is 5.43 Å². The number of hydrazone groups is 1. The molecule has 0 saturated heterocycles. The third-order valence-corrected chi connectivity index (χ3v) is 5.26. The van der Waals surface area contributed by atoms with Gasteiger partial charge < -0.3 is 9.47 Å². The van der Waals surface area contributed by atoms with Crippen LogP contribution < -0.4 is 14.9 Å². The first kappa shape index (κ1) is 20.0. The van der Waals surface area contributed by atoms with Crippen LogP contribution >= 0.6 is 11.6 Å². The number of methoxy groups -OCH3 is 2. The summed E-state index contributed by atoms with van der Waals surface area (Å²) < 4.78 is 10.9. The molecule has 3 aromatic rings. The van der Waals surface area contributed by atoms with E-state index in [9.17, 15) is 0 Å². The Morgan fingerprint density at radius 1 is 0.867 bits per heavy atom. The first-order valence-electron chi connectivity index (χ1n) is 9.67. The van der Waals surface area contributed by atoms with Gasteiger partial charge in [0, 0.05) is 21.7 Å². The standard InChI is InChI=1S/C24H22ClN3O2/c1-4-15-5-11-20-19(13-15)23(17-8-12-21(29-2)22(14-17)30-3)27-28-24(26-20)16-6-9-18(25)10-7-16/h5-14H,4H2,1-3H3,(H,26,28). The van der Waals surface area contributed by atoms with Crippen LogP contribution in [0.25, 0.3) is 0 Å². The molecule has 5 nitrogen and oxygen atoms in total. The van der Waals surface area contributed by atoms with Crippen LogP contribution in [0.15, 0.2) is 70.8 Å². The average Bonchev–Trinajstić information content (AvgIpc) is 2.98. The summed E-state index contributed by atoms with van der Waals surface area (Å²) in [6.07, 6.45) is 0.924. The number of benzene rings is 3. The van der Waals surface area contributed by atoms with Crippen molar-refractivity contribution >= 4 is 28.8 Å². The molecule has 1 N–H and O–H groups in total. The first-order valence-corrected chi connectivity index (χ1v) is 10.0. The lowest BCUT2D eigenvalue weighted by Crippen LogP contribution is -2.19. The van der Waals surface area contributed by atoms with Gasteiger partial charge in [-0.2, -0.15) is 5.10 Å². The Kier molecular flexibility index (Phi) is 5.72. The van der Waals surface area contributed by atoms with Gasteiger partial charge in [0.2, 0.25) is 0 Å². The first-order chi connectivity index (χ1) is 14.6. The predicted molar refractivity (Wildman–Crippen MR) is 122 cm³/mol. The fourth-order valence-corrected chi connectivity index (χ4v) is 3.47. The minimum absolute atomic E-state index is 0.647. The van der Waals surface area contributed by atoms with Gasteiger partial charge in [-0.1, -0.05) is 24.6 Å². The maximum absolute atomic E-state index is 6.04. The smallest absolute Gasteiger partial charge is 0.161 e. The fraction of sp³-hybridized carbons (Fsp3) is 0.167. The van der Waals surface area contributed by atoms with Crippen molar-refractivity contribution in [1.29, 1.82) is 0 Å². The van der Waals surface area contributed by atoms with Gasteiger partial charge in [-0.05, 0) is 66.6 Å². The van der Waals surface area contributed by atoms with Crippen molar-refractivity contribution in [2.24, 2.45) is 10.1 Å². The summed E-state index contributed by atoms with van der Waals surface area (Å²) in [5.41, 5.74) is 8.75. The normalized spacial score (nSPS) is 12.8. The molecule has 0 atom stereocenters. The van der Waals surface area contributed by atoms with Crippen molar-refractivity contribution in [3.05, 3.63) is 87.9 Å². The molecule has 3 aromatic carbocycles. The van der Waals surface area contributed by atoms with Crippen molar-refractivity contribution in [2.45, 2.75) is 13.3 Å². The van der Waals surface area contributed by atoms with Gasteiger partial charge in [0.1, 0.15) is 5.71 Å². The summed E-state index contributed by atoms with van der Waals surface area (Å²) in [6, 6.07) is 19.6. The number of hydrogen-bond acceptors (Lipinski definition) is 5. The molecule has 0 amide bonds. The van der Waals surface area contributed by atoms with E-state index in [-0.39, 0.29) is 0 Å². The Balaban J connectivity index is 1.86. The van der Waals surface area contributed by atoms with E-state index in [0.29, 0.717) is 22.4 Å². The molecule has 6 heteroatoms. The lowest BCUT2D eigenvalue weighted by molar-refractivity contribution is 0.355. The number of nitrogens with one attached hydrogen (secondary N) is 1. The predicted octanol–water partition coefficient (Wildman–Crippen LogP) is 5.35. The topological polar surface area (TPSA) is 55.2 Å². The van der Waals surface area contributed by atoms with Gasteiger partial charge >= 0.3 is 0 Å². The zero-order chi connectivity index (χ0) is 21.1. The van der Waals surface area contributed by atoms with Crippen LogP contribution in [0.2, 0.25) is 5.02 Å². The largest absolute Gasteiger partial charge is 0.493 e.